The summed E-state index contributed by atoms with van der Waals surface area (Å²) >= 11 is 5.16. The second-order valence-electron chi connectivity index (χ2n) is 8.88. The van der Waals surface area contributed by atoms with Gasteiger partial charge in [-0.3, -0.25) is 9.69 Å². The Morgan fingerprint density at radius 1 is 1.19 bits per heavy atom. The highest BCUT2D eigenvalue weighted by Crippen LogP contribution is 2.34. The van der Waals surface area contributed by atoms with E-state index in [4.69, 9.17) is 4.98 Å². The number of benzene rings is 1. The number of amides is 1. The summed E-state index contributed by atoms with van der Waals surface area (Å²) in [5.74, 6) is 0.849. The number of nitrogens with one attached hydrogen (secondary N) is 1. The molecular weight excluding hydrogens is 538 g/mol. The number of H-pyrrole nitrogens is 1. The predicted octanol–water partition coefficient (Wildman–Crippen LogP) is 4.77. The maximum atomic E-state index is 12.7. The van der Waals surface area contributed by atoms with Crippen molar-refractivity contribution in [2.24, 2.45) is 0 Å². The molecule has 1 amide bonds. The molecule has 1 fully saturated rings. The van der Waals surface area contributed by atoms with Gasteiger partial charge in [-0.25, -0.2) is 9.97 Å². The van der Waals surface area contributed by atoms with Crippen LogP contribution in [0.3, 0.4) is 0 Å². The van der Waals surface area contributed by atoms with Gasteiger partial charge in [0.2, 0.25) is 5.91 Å². The molecule has 8 nitrogen and oxygen atoms in total. The number of allylic oxidation sites excluding steroid dienone is 1. The van der Waals surface area contributed by atoms with E-state index in [-0.39, 0.29) is 5.91 Å². The second-order valence-corrected chi connectivity index (χ2v) is 10.7. The van der Waals surface area contributed by atoms with Crippen LogP contribution in [0.2, 0.25) is 0 Å². The number of likely N-dealkylation sites (N-methyl/N-ethyl adjacent to an activating group) is 1. The van der Waals surface area contributed by atoms with Crippen LogP contribution in [0.4, 0.5) is 11.4 Å². The van der Waals surface area contributed by atoms with Crippen molar-refractivity contribution in [2.75, 3.05) is 63.7 Å². The van der Waals surface area contributed by atoms with Crippen molar-refractivity contribution < 1.29 is 4.79 Å². The molecule has 2 aromatic heterocycles. The van der Waals surface area contributed by atoms with E-state index in [0.717, 1.165) is 64.0 Å². The number of pyridine rings is 1. The first-order valence-corrected chi connectivity index (χ1v) is 13.5. The third-order valence-electron chi connectivity index (χ3n) is 6.24. The SMILES string of the molecule is C=C(S/C=C\C)N(C)C(=O)CN1CCN(c2c(Br)cnc3nc(-c4ccc(N(C)C)cc4)[nH]c23)CC1. The maximum Gasteiger partial charge on any atom is 0.241 e. The topological polar surface area (TPSA) is 71.6 Å². The molecule has 10 heteroatoms. The minimum absolute atomic E-state index is 0.0523. The number of thioether (sulfide) groups is 1. The smallest absolute Gasteiger partial charge is 0.241 e. The highest BCUT2D eigenvalue weighted by molar-refractivity contribution is 9.10. The molecule has 0 unspecified atom stereocenters. The van der Waals surface area contributed by atoms with Crippen LogP contribution in [0.15, 0.2) is 58.0 Å². The fourth-order valence-electron chi connectivity index (χ4n) is 4.08. The van der Waals surface area contributed by atoms with Gasteiger partial charge in [0.25, 0.3) is 0 Å². The van der Waals surface area contributed by atoms with Crippen LogP contribution in [-0.4, -0.2) is 84.5 Å². The van der Waals surface area contributed by atoms with Gasteiger partial charge in [-0.1, -0.05) is 24.4 Å². The summed E-state index contributed by atoms with van der Waals surface area (Å²) in [6, 6.07) is 8.30. The van der Waals surface area contributed by atoms with Crippen molar-refractivity contribution in [3.63, 3.8) is 0 Å². The molecule has 190 valence electrons. The van der Waals surface area contributed by atoms with Crippen LogP contribution in [-0.2, 0) is 4.79 Å². The van der Waals surface area contributed by atoms with Gasteiger partial charge in [-0.2, -0.15) is 0 Å². The van der Waals surface area contributed by atoms with Crippen LogP contribution in [0.1, 0.15) is 6.92 Å². The molecule has 4 rings (SSSR count). The number of nitrogens with zero attached hydrogens (tertiary/aromatic N) is 6. The minimum Gasteiger partial charge on any atom is -0.378 e. The lowest BCUT2D eigenvalue weighted by Crippen LogP contribution is -2.49. The van der Waals surface area contributed by atoms with Gasteiger partial charge in [0, 0.05) is 64.8 Å². The van der Waals surface area contributed by atoms with E-state index in [2.05, 4.69) is 71.4 Å². The predicted molar refractivity (Wildman–Crippen MR) is 154 cm³/mol. The Balaban J connectivity index is 1.46. The number of imidazole rings is 1. The Morgan fingerprint density at radius 2 is 1.89 bits per heavy atom. The second kappa shape index (κ2) is 11.5. The first-order valence-electron chi connectivity index (χ1n) is 11.8. The number of piperazine rings is 1. The summed E-state index contributed by atoms with van der Waals surface area (Å²) in [7, 11) is 5.84. The number of fused-ring (bicyclic) bond motifs is 1. The van der Waals surface area contributed by atoms with Gasteiger partial charge in [-0.15, -0.1) is 0 Å². The summed E-state index contributed by atoms with van der Waals surface area (Å²) in [6.45, 7) is 9.51. The Kier molecular flexibility index (Phi) is 8.38. The van der Waals surface area contributed by atoms with Crippen LogP contribution in [0.25, 0.3) is 22.6 Å². The number of carbonyl (C=O) groups is 1. The molecule has 0 radical (unpaired) electrons. The van der Waals surface area contributed by atoms with Crippen molar-refractivity contribution in [1.82, 2.24) is 24.8 Å². The number of carbonyl (C=O) groups excluding carboxylic acids is 1. The molecule has 3 heterocycles. The molecule has 0 spiro atoms. The molecular formula is C26H32BrN7OS. The number of hydrogen-bond donors (Lipinski definition) is 1. The number of aromatic nitrogens is 3. The highest BCUT2D eigenvalue weighted by Gasteiger charge is 2.25. The van der Waals surface area contributed by atoms with Crippen molar-refractivity contribution in [3.8, 4) is 11.4 Å². The largest absolute Gasteiger partial charge is 0.378 e. The summed E-state index contributed by atoms with van der Waals surface area (Å²) in [5.41, 5.74) is 4.82. The number of rotatable bonds is 8. The molecule has 1 aliphatic heterocycles. The molecule has 36 heavy (non-hydrogen) atoms. The Labute approximate surface area is 225 Å². The lowest BCUT2D eigenvalue weighted by atomic mass is 10.2. The quantitative estimate of drug-likeness (QED) is 0.419. The first-order chi connectivity index (χ1) is 17.3. The van der Waals surface area contributed by atoms with Gasteiger partial charge in [0.15, 0.2) is 5.65 Å². The van der Waals surface area contributed by atoms with Gasteiger partial charge in [0.05, 0.1) is 21.7 Å². The zero-order valence-electron chi connectivity index (χ0n) is 21.2. The lowest BCUT2D eigenvalue weighted by Gasteiger charge is -2.36. The number of halogens is 1. The normalized spacial score (nSPS) is 14.5. The van der Waals surface area contributed by atoms with Gasteiger partial charge < -0.3 is 19.7 Å². The fourth-order valence-corrected chi connectivity index (χ4v) is 5.18. The zero-order chi connectivity index (χ0) is 25.8. The van der Waals surface area contributed by atoms with Gasteiger partial charge in [0.1, 0.15) is 11.3 Å². The van der Waals surface area contributed by atoms with Crippen molar-refractivity contribution in [3.05, 3.63) is 58.0 Å². The highest BCUT2D eigenvalue weighted by atomic mass is 79.9. The summed E-state index contributed by atoms with van der Waals surface area (Å²) in [4.78, 5) is 33.8. The van der Waals surface area contributed by atoms with Crippen molar-refractivity contribution >= 4 is 56.1 Å². The van der Waals surface area contributed by atoms with Crippen LogP contribution >= 0.6 is 27.7 Å². The third-order valence-corrected chi connectivity index (χ3v) is 7.78. The van der Waals surface area contributed by atoms with Crippen LogP contribution in [0.5, 0.6) is 0 Å². The molecule has 0 atom stereocenters. The molecule has 1 saturated heterocycles. The van der Waals surface area contributed by atoms with E-state index in [1.54, 1.807) is 11.9 Å². The molecule has 1 aromatic carbocycles. The Hall–Kier alpha value is -2.82. The summed E-state index contributed by atoms with van der Waals surface area (Å²) < 4.78 is 0.926. The van der Waals surface area contributed by atoms with E-state index in [1.807, 2.05) is 38.7 Å². The molecule has 1 N–H and O–H groups in total. The Morgan fingerprint density at radius 3 is 2.53 bits per heavy atom. The van der Waals surface area contributed by atoms with Gasteiger partial charge >= 0.3 is 0 Å². The minimum atomic E-state index is 0.0523. The summed E-state index contributed by atoms with van der Waals surface area (Å²) in [6.07, 6.45) is 3.75. The maximum absolute atomic E-state index is 12.7. The van der Waals surface area contributed by atoms with Crippen molar-refractivity contribution in [2.45, 2.75) is 6.92 Å². The molecule has 0 saturated carbocycles. The average molecular weight is 571 g/mol. The molecule has 3 aromatic rings. The standard InChI is InChI=1S/C26H32BrN7OS/c1-6-15-36-18(2)32(5)22(35)17-33-11-13-34(14-12-33)24-21(27)16-28-26-23(24)29-25(30-26)19-7-9-20(10-8-19)31(3)4/h6-10,15-16H,2,11-14,17H2,1,3-5H3,(H,28,29,30)/b15-6-. The van der Waals surface area contributed by atoms with Crippen molar-refractivity contribution in [1.29, 1.82) is 0 Å². The first kappa shape index (κ1) is 26.2. The molecule has 0 bridgehead atoms. The summed E-state index contributed by atoms with van der Waals surface area (Å²) in [5, 5.41) is 2.66. The zero-order valence-corrected chi connectivity index (χ0v) is 23.6. The fraction of sp³-hybridized carbons (Fsp3) is 0.346. The van der Waals surface area contributed by atoms with E-state index < -0.39 is 0 Å². The van der Waals surface area contributed by atoms with Crippen LogP contribution < -0.4 is 9.80 Å². The third kappa shape index (κ3) is 5.77. The molecule has 0 aliphatic carbocycles. The van der Waals surface area contributed by atoms with Crippen LogP contribution in [0, 0.1) is 0 Å². The van der Waals surface area contributed by atoms with E-state index in [1.165, 1.54) is 11.8 Å². The number of anilines is 2. The van der Waals surface area contributed by atoms with Gasteiger partial charge in [-0.05, 0) is 52.5 Å². The Bertz CT molecular complexity index is 1260. The average Bonchev–Trinajstić information content (AvgIpc) is 3.31. The number of aromatic amines is 1. The van der Waals surface area contributed by atoms with E-state index in [9.17, 15) is 4.79 Å². The van der Waals surface area contributed by atoms with E-state index in [0.29, 0.717) is 12.2 Å². The number of hydrogen-bond acceptors (Lipinski definition) is 7. The molecule has 1 aliphatic rings. The lowest BCUT2D eigenvalue weighted by molar-refractivity contribution is -0.129. The van der Waals surface area contributed by atoms with E-state index >= 15 is 0 Å². The monoisotopic (exact) mass is 569 g/mol.